The van der Waals surface area contributed by atoms with Gasteiger partial charge in [0, 0.05) is 12.1 Å². The molecule has 1 atom stereocenters. The summed E-state index contributed by atoms with van der Waals surface area (Å²) in [5, 5.41) is 28.1. The molecule has 1 aromatic carbocycles. The predicted octanol–water partition coefficient (Wildman–Crippen LogP) is 1.47. The number of benzene rings is 1. The molecule has 0 aromatic heterocycles. The highest BCUT2D eigenvalue weighted by Gasteiger charge is 2.26. The molecule has 1 amide bonds. The summed E-state index contributed by atoms with van der Waals surface area (Å²) in [4.78, 5) is 14.1. The van der Waals surface area contributed by atoms with Crippen molar-refractivity contribution >= 4 is 5.91 Å². The van der Waals surface area contributed by atoms with Crippen LogP contribution in [0.15, 0.2) is 18.2 Å². The fourth-order valence-corrected chi connectivity index (χ4v) is 2.46. The van der Waals surface area contributed by atoms with E-state index in [-0.39, 0.29) is 30.1 Å². The number of amides is 1. The van der Waals surface area contributed by atoms with Crippen molar-refractivity contribution in [2.45, 2.75) is 31.7 Å². The Bertz CT molecular complexity index is 461. The lowest BCUT2D eigenvalue weighted by Gasteiger charge is -2.28. The van der Waals surface area contributed by atoms with Crippen molar-refractivity contribution in [1.82, 2.24) is 4.90 Å². The van der Waals surface area contributed by atoms with Crippen molar-refractivity contribution in [1.29, 1.82) is 0 Å². The average molecular weight is 265 g/mol. The lowest BCUT2D eigenvalue weighted by atomic mass is 10.1. The first-order valence-electron chi connectivity index (χ1n) is 6.57. The fourth-order valence-electron chi connectivity index (χ4n) is 2.46. The van der Waals surface area contributed by atoms with Gasteiger partial charge in [-0.2, -0.15) is 0 Å². The highest BCUT2D eigenvalue weighted by atomic mass is 16.3. The van der Waals surface area contributed by atoms with Crippen molar-refractivity contribution in [3.63, 3.8) is 0 Å². The van der Waals surface area contributed by atoms with Gasteiger partial charge in [0.15, 0.2) is 11.5 Å². The summed E-state index contributed by atoms with van der Waals surface area (Å²) >= 11 is 0. The third kappa shape index (κ3) is 2.98. The maximum absolute atomic E-state index is 12.4. The van der Waals surface area contributed by atoms with E-state index < -0.39 is 0 Å². The molecule has 1 saturated heterocycles. The Morgan fingerprint density at radius 2 is 2.00 bits per heavy atom. The van der Waals surface area contributed by atoms with Crippen LogP contribution in [0.5, 0.6) is 11.5 Å². The normalized spacial score (nSPS) is 20.1. The van der Waals surface area contributed by atoms with E-state index in [2.05, 4.69) is 0 Å². The van der Waals surface area contributed by atoms with Gasteiger partial charge in [0.1, 0.15) is 0 Å². The van der Waals surface area contributed by atoms with E-state index in [0.717, 1.165) is 25.7 Å². The minimum atomic E-state index is -0.304. The number of carbonyl (C=O) groups excluding carboxylic acids is 1. The molecule has 2 rings (SSSR count). The van der Waals surface area contributed by atoms with Gasteiger partial charge < -0.3 is 20.2 Å². The molecule has 5 heteroatoms. The van der Waals surface area contributed by atoms with Crippen LogP contribution in [0.3, 0.4) is 0 Å². The van der Waals surface area contributed by atoms with Crippen LogP contribution in [-0.2, 0) is 0 Å². The molecule has 1 aliphatic rings. The average Bonchev–Trinajstić information content (AvgIpc) is 2.66. The van der Waals surface area contributed by atoms with Crippen LogP contribution in [0.25, 0.3) is 0 Å². The number of nitrogens with zero attached hydrogens (tertiary/aromatic N) is 1. The van der Waals surface area contributed by atoms with E-state index >= 15 is 0 Å². The number of hydrogen-bond acceptors (Lipinski definition) is 4. The molecular weight excluding hydrogens is 246 g/mol. The van der Waals surface area contributed by atoms with Gasteiger partial charge in [-0.15, -0.1) is 0 Å². The lowest BCUT2D eigenvalue weighted by molar-refractivity contribution is 0.0599. The second-order valence-electron chi connectivity index (χ2n) is 4.89. The van der Waals surface area contributed by atoms with E-state index in [1.54, 1.807) is 4.90 Å². The second kappa shape index (κ2) is 5.93. The van der Waals surface area contributed by atoms with Gasteiger partial charge in [-0.1, -0.05) is 12.8 Å². The first-order chi connectivity index (χ1) is 9.13. The van der Waals surface area contributed by atoms with Crippen molar-refractivity contribution in [3.05, 3.63) is 23.8 Å². The van der Waals surface area contributed by atoms with Crippen LogP contribution < -0.4 is 0 Å². The quantitative estimate of drug-likeness (QED) is 0.707. The van der Waals surface area contributed by atoms with Gasteiger partial charge in [0.05, 0.1) is 12.6 Å². The van der Waals surface area contributed by atoms with Gasteiger partial charge in [-0.25, -0.2) is 0 Å². The molecule has 104 valence electrons. The van der Waals surface area contributed by atoms with Gasteiger partial charge in [0.2, 0.25) is 0 Å². The smallest absolute Gasteiger partial charge is 0.254 e. The van der Waals surface area contributed by atoms with Crippen molar-refractivity contribution in [2.75, 3.05) is 13.2 Å². The Morgan fingerprint density at radius 3 is 2.68 bits per heavy atom. The van der Waals surface area contributed by atoms with E-state index in [1.165, 1.54) is 18.2 Å². The Morgan fingerprint density at radius 1 is 1.21 bits per heavy atom. The summed E-state index contributed by atoms with van der Waals surface area (Å²) in [7, 11) is 0. The monoisotopic (exact) mass is 265 g/mol. The number of rotatable bonds is 2. The molecule has 0 saturated carbocycles. The molecule has 5 nitrogen and oxygen atoms in total. The molecule has 1 heterocycles. The molecule has 0 spiro atoms. The minimum Gasteiger partial charge on any atom is -0.504 e. The molecule has 0 aliphatic carbocycles. The molecule has 0 radical (unpaired) electrons. The molecular formula is C14H19NO4. The fraction of sp³-hybridized carbons (Fsp3) is 0.500. The second-order valence-corrected chi connectivity index (χ2v) is 4.89. The summed E-state index contributed by atoms with van der Waals surface area (Å²) in [6, 6.07) is 3.88. The van der Waals surface area contributed by atoms with Gasteiger partial charge in [-0.3, -0.25) is 4.79 Å². The van der Waals surface area contributed by atoms with E-state index in [0.29, 0.717) is 12.1 Å². The first-order valence-corrected chi connectivity index (χ1v) is 6.57. The predicted molar refractivity (Wildman–Crippen MR) is 70.1 cm³/mol. The summed E-state index contributed by atoms with van der Waals surface area (Å²) in [6.07, 6.45) is 3.79. The van der Waals surface area contributed by atoms with E-state index in [4.69, 9.17) is 0 Å². The maximum atomic E-state index is 12.4. The van der Waals surface area contributed by atoms with Crippen molar-refractivity contribution < 1.29 is 20.1 Å². The first kappa shape index (κ1) is 13.7. The van der Waals surface area contributed by atoms with Crippen LogP contribution in [0.1, 0.15) is 36.0 Å². The summed E-state index contributed by atoms with van der Waals surface area (Å²) in [6.45, 7) is 0.571. The zero-order chi connectivity index (χ0) is 13.8. The number of hydrogen-bond donors (Lipinski definition) is 3. The van der Waals surface area contributed by atoms with Crippen molar-refractivity contribution in [3.8, 4) is 11.5 Å². The number of phenols is 2. The molecule has 1 aromatic rings. The van der Waals surface area contributed by atoms with Crippen LogP contribution >= 0.6 is 0 Å². The van der Waals surface area contributed by atoms with Crippen molar-refractivity contribution in [2.24, 2.45) is 0 Å². The minimum absolute atomic E-state index is 0.0458. The number of carbonyl (C=O) groups is 1. The molecule has 3 N–H and O–H groups in total. The maximum Gasteiger partial charge on any atom is 0.254 e. The highest BCUT2D eigenvalue weighted by Crippen LogP contribution is 2.26. The zero-order valence-corrected chi connectivity index (χ0v) is 10.7. The number of aliphatic hydroxyl groups is 1. The highest BCUT2D eigenvalue weighted by molar-refractivity contribution is 5.95. The Hall–Kier alpha value is -1.75. The number of aliphatic hydroxyl groups excluding tert-OH is 1. The van der Waals surface area contributed by atoms with Crippen LogP contribution in [0.4, 0.5) is 0 Å². The topological polar surface area (TPSA) is 81.0 Å². The number of phenolic OH excluding ortho intramolecular Hbond substituents is 2. The summed E-state index contributed by atoms with van der Waals surface area (Å²) < 4.78 is 0. The standard InChI is InChI=1S/C14H19NO4/c16-9-11-4-2-1-3-7-15(11)14(19)10-5-6-12(17)13(18)8-10/h5-6,8,11,16-18H,1-4,7,9H2. The molecule has 1 unspecified atom stereocenters. The zero-order valence-electron chi connectivity index (χ0n) is 10.7. The van der Waals surface area contributed by atoms with Gasteiger partial charge >= 0.3 is 0 Å². The molecule has 1 aliphatic heterocycles. The Kier molecular flexibility index (Phi) is 4.27. The molecule has 19 heavy (non-hydrogen) atoms. The van der Waals surface area contributed by atoms with Crippen LogP contribution in [0.2, 0.25) is 0 Å². The van der Waals surface area contributed by atoms with Gasteiger partial charge in [-0.05, 0) is 31.0 Å². The Balaban J connectivity index is 2.22. The SMILES string of the molecule is O=C(c1ccc(O)c(O)c1)N1CCCCCC1CO. The Labute approximate surface area is 112 Å². The van der Waals surface area contributed by atoms with Crippen LogP contribution in [-0.4, -0.2) is 45.3 Å². The largest absolute Gasteiger partial charge is 0.504 e. The molecule has 0 bridgehead atoms. The number of aromatic hydroxyl groups is 2. The van der Waals surface area contributed by atoms with E-state index in [9.17, 15) is 20.1 Å². The third-order valence-electron chi connectivity index (χ3n) is 3.57. The summed E-state index contributed by atoms with van der Waals surface area (Å²) in [5.41, 5.74) is 0.329. The van der Waals surface area contributed by atoms with Crippen LogP contribution in [0, 0.1) is 0 Å². The summed E-state index contributed by atoms with van der Waals surface area (Å²) in [5.74, 6) is -0.761. The van der Waals surface area contributed by atoms with E-state index in [1.807, 2.05) is 0 Å². The number of likely N-dealkylation sites (tertiary alicyclic amines) is 1. The lowest BCUT2D eigenvalue weighted by Crippen LogP contribution is -2.42. The third-order valence-corrected chi connectivity index (χ3v) is 3.57. The van der Waals surface area contributed by atoms with Gasteiger partial charge in [0.25, 0.3) is 5.91 Å². The molecule has 1 fully saturated rings.